The smallest absolute Gasteiger partial charge is 0.294 e. The molecule has 3 aromatic carbocycles. The Morgan fingerprint density at radius 1 is 1.00 bits per heavy atom. The first-order valence-corrected chi connectivity index (χ1v) is 11.9. The lowest BCUT2D eigenvalue weighted by Gasteiger charge is -2.30. The van der Waals surface area contributed by atoms with Gasteiger partial charge in [-0.2, -0.15) is 0 Å². The molecule has 5 rings (SSSR count). The molecule has 0 spiro atoms. The lowest BCUT2D eigenvalue weighted by atomic mass is 10.1. The van der Waals surface area contributed by atoms with E-state index in [-0.39, 0.29) is 29.9 Å². The van der Waals surface area contributed by atoms with Crippen molar-refractivity contribution in [2.45, 2.75) is 13.1 Å². The minimum atomic E-state index is -0.355. The van der Waals surface area contributed by atoms with Crippen LogP contribution in [-0.4, -0.2) is 11.8 Å². The van der Waals surface area contributed by atoms with Crippen LogP contribution in [0.15, 0.2) is 96.1 Å². The molecule has 1 aliphatic rings. The number of hydrogen-bond acceptors (Lipinski definition) is 4. The van der Waals surface area contributed by atoms with Gasteiger partial charge in [0.05, 0.1) is 18.8 Å². The molecular weight excluding hydrogens is 463 g/mol. The minimum absolute atomic E-state index is 0.148. The van der Waals surface area contributed by atoms with E-state index in [0.717, 1.165) is 4.88 Å². The van der Waals surface area contributed by atoms with Crippen LogP contribution in [0.25, 0.3) is 6.08 Å². The van der Waals surface area contributed by atoms with Gasteiger partial charge in [-0.15, -0.1) is 11.3 Å². The van der Waals surface area contributed by atoms with Crippen molar-refractivity contribution in [1.82, 2.24) is 5.32 Å². The lowest BCUT2D eigenvalue weighted by molar-refractivity contribution is -0.117. The largest absolute Gasteiger partial charge is 0.449 e. The summed E-state index contributed by atoms with van der Waals surface area (Å²) in [7, 11) is 0. The summed E-state index contributed by atoms with van der Waals surface area (Å²) in [4.78, 5) is 28.4. The predicted molar refractivity (Wildman–Crippen MR) is 135 cm³/mol. The molecule has 0 saturated carbocycles. The Morgan fingerprint density at radius 3 is 2.60 bits per heavy atom. The van der Waals surface area contributed by atoms with Gasteiger partial charge in [-0.05, 0) is 65.0 Å². The zero-order valence-corrected chi connectivity index (χ0v) is 19.4. The quantitative estimate of drug-likeness (QED) is 0.353. The standard InChI is InChI=1S/C28H21FN2O3S/c29-22-6-3-5-20(15-22)18-31-24-8-1-2-9-25(24)34-26(28(31)33)16-19-10-12-21(13-11-19)27(32)30-17-23-7-4-14-35-23/h1-16H,17-18H2,(H,30,32)/b26-16-. The maximum Gasteiger partial charge on any atom is 0.294 e. The van der Waals surface area contributed by atoms with Crippen molar-refractivity contribution in [3.63, 3.8) is 0 Å². The zero-order valence-electron chi connectivity index (χ0n) is 18.6. The van der Waals surface area contributed by atoms with Crippen molar-refractivity contribution < 1.29 is 18.7 Å². The van der Waals surface area contributed by atoms with Crippen molar-refractivity contribution >= 4 is 34.9 Å². The van der Waals surface area contributed by atoms with E-state index in [4.69, 9.17) is 4.74 Å². The molecule has 2 heterocycles. The second kappa shape index (κ2) is 9.95. The number of nitrogens with zero attached hydrogens (tertiary/aromatic N) is 1. The molecule has 174 valence electrons. The Bertz CT molecular complexity index is 1400. The van der Waals surface area contributed by atoms with Crippen molar-refractivity contribution in [3.05, 3.63) is 123 Å². The highest BCUT2D eigenvalue weighted by molar-refractivity contribution is 7.09. The fourth-order valence-electron chi connectivity index (χ4n) is 3.80. The van der Waals surface area contributed by atoms with Crippen LogP contribution in [0.4, 0.5) is 10.1 Å². The summed E-state index contributed by atoms with van der Waals surface area (Å²) in [6.45, 7) is 0.683. The molecule has 0 aliphatic carbocycles. The van der Waals surface area contributed by atoms with Crippen LogP contribution in [-0.2, 0) is 17.9 Å². The van der Waals surface area contributed by atoms with Crippen molar-refractivity contribution in [2.75, 3.05) is 4.90 Å². The molecule has 35 heavy (non-hydrogen) atoms. The van der Waals surface area contributed by atoms with Gasteiger partial charge >= 0.3 is 0 Å². The summed E-state index contributed by atoms with van der Waals surface area (Å²) in [6.07, 6.45) is 1.64. The molecule has 1 aromatic heterocycles. The fraction of sp³-hybridized carbons (Fsp3) is 0.0714. The number of carbonyl (C=O) groups excluding carboxylic acids is 2. The number of fused-ring (bicyclic) bond motifs is 1. The van der Waals surface area contributed by atoms with E-state index >= 15 is 0 Å². The van der Waals surface area contributed by atoms with E-state index < -0.39 is 0 Å². The summed E-state index contributed by atoms with van der Waals surface area (Å²) < 4.78 is 19.6. The van der Waals surface area contributed by atoms with Crippen LogP contribution in [0, 0.1) is 5.82 Å². The zero-order chi connectivity index (χ0) is 24.2. The van der Waals surface area contributed by atoms with Crippen LogP contribution in [0.2, 0.25) is 0 Å². The number of rotatable bonds is 6. The summed E-state index contributed by atoms with van der Waals surface area (Å²) >= 11 is 1.59. The molecule has 0 unspecified atom stereocenters. The van der Waals surface area contributed by atoms with Gasteiger partial charge in [0.25, 0.3) is 11.8 Å². The van der Waals surface area contributed by atoms with Gasteiger partial charge in [0.2, 0.25) is 0 Å². The SMILES string of the molecule is O=C(NCc1cccs1)c1ccc(/C=C2\Oc3ccccc3N(Cc3cccc(F)c3)C2=O)cc1. The van der Waals surface area contributed by atoms with Crippen LogP contribution >= 0.6 is 11.3 Å². The molecule has 0 fully saturated rings. The van der Waals surface area contributed by atoms with Crippen molar-refractivity contribution in [2.24, 2.45) is 0 Å². The number of thiophene rings is 1. The van der Waals surface area contributed by atoms with Gasteiger partial charge in [0, 0.05) is 10.4 Å². The molecule has 1 aliphatic heterocycles. The van der Waals surface area contributed by atoms with E-state index in [1.165, 1.54) is 12.1 Å². The lowest BCUT2D eigenvalue weighted by Crippen LogP contribution is -2.36. The highest BCUT2D eigenvalue weighted by Crippen LogP contribution is 2.36. The fourth-order valence-corrected chi connectivity index (χ4v) is 4.45. The molecule has 0 saturated heterocycles. The van der Waals surface area contributed by atoms with Gasteiger partial charge < -0.3 is 10.1 Å². The number of benzene rings is 3. The maximum atomic E-state index is 13.7. The highest BCUT2D eigenvalue weighted by Gasteiger charge is 2.30. The third-order valence-corrected chi connectivity index (χ3v) is 6.41. The van der Waals surface area contributed by atoms with Gasteiger partial charge in [0.1, 0.15) is 5.82 Å². The molecule has 4 aromatic rings. The Morgan fingerprint density at radius 2 is 1.83 bits per heavy atom. The second-order valence-corrected chi connectivity index (χ2v) is 9.02. The number of carbonyl (C=O) groups is 2. The van der Waals surface area contributed by atoms with E-state index in [2.05, 4.69) is 5.32 Å². The number of para-hydroxylation sites is 2. The summed E-state index contributed by atoms with van der Waals surface area (Å²) in [5, 5.41) is 4.87. The summed E-state index contributed by atoms with van der Waals surface area (Å²) in [5.41, 5.74) is 2.54. The topological polar surface area (TPSA) is 58.6 Å². The Kier molecular flexibility index (Phi) is 6.41. The highest BCUT2D eigenvalue weighted by atomic mass is 32.1. The van der Waals surface area contributed by atoms with E-state index in [1.54, 1.807) is 70.8 Å². The number of nitrogens with one attached hydrogen (secondary N) is 1. The first-order valence-electron chi connectivity index (χ1n) is 11.0. The predicted octanol–water partition coefficient (Wildman–Crippen LogP) is 5.78. The van der Waals surface area contributed by atoms with Gasteiger partial charge in [-0.1, -0.05) is 42.5 Å². The van der Waals surface area contributed by atoms with Gasteiger partial charge in [0.15, 0.2) is 11.5 Å². The first-order chi connectivity index (χ1) is 17.1. The molecule has 1 N–H and O–H groups in total. The normalized spacial score (nSPS) is 13.9. The molecule has 2 amide bonds. The Labute approximate surface area is 206 Å². The van der Waals surface area contributed by atoms with E-state index in [1.807, 2.05) is 29.6 Å². The number of anilines is 1. The van der Waals surface area contributed by atoms with E-state index in [9.17, 15) is 14.0 Å². The van der Waals surface area contributed by atoms with Crippen LogP contribution in [0.1, 0.15) is 26.4 Å². The minimum Gasteiger partial charge on any atom is -0.449 e. The molecular formula is C28H21FN2O3S. The van der Waals surface area contributed by atoms with Crippen molar-refractivity contribution in [3.8, 4) is 5.75 Å². The van der Waals surface area contributed by atoms with E-state index in [0.29, 0.717) is 34.7 Å². The number of halogens is 1. The third kappa shape index (κ3) is 5.15. The average Bonchev–Trinajstić information content (AvgIpc) is 3.39. The third-order valence-electron chi connectivity index (χ3n) is 5.54. The van der Waals surface area contributed by atoms with Crippen molar-refractivity contribution in [1.29, 1.82) is 0 Å². The second-order valence-electron chi connectivity index (χ2n) is 7.98. The molecule has 0 atom stereocenters. The van der Waals surface area contributed by atoms with Crippen LogP contribution in [0.5, 0.6) is 5.75 Å². The van der Waals surface area contributed by atoms with Gasteiger partial charge in [-0.25, -0.2) is 4.39 Å². The number of ether oxygens (including phenoxy) is 1. The average molecular weight is 485 g/mol. The number of hydrogen-bond donors (Lipinski definition) is 1. The molecule has 0 bridgehead atoms. The summed E-state index contributed by atoms with van der Waals surface area (Å²) in [6, 6.07) is 24.3. The monoisotopic (exact) mass is 484 g/mol. The molecule has 5 nitrogen and oxygen atoms in total. The number of amides is 2. The van der Waals surface area contributed by atoms with Crippen LogP contribution < -0.4 is 15.0 Å². The van der Waals surface area contributed by atoms with Crippen LogP contribution in [0.3, 0.4) is 0 Å². The first kappa shape index (κ1) is 22.6. The summed E-state index contributed by atoms with van der Waals surface area (Å²) in [5.74, 6) is -0.162. The van der Waals surface area contributed by atoms with Gasteiger partial charge in [-0.3, -0.25) is 14.5 Å². The Balaban J connectivity index is 1.36. The maximum absolute atomic E-state index is 13.7. The molecule has 0 radical (unpaired) electrons. The molecule has 7 heteroatoms. The Hall–Kier alpha value is -4.23.